The van der Waals surface area contributed by atoms with Crippen molar-refractivity contribution < 1.29 is 14.5 Å². The van der Waals surface area contributed by atoms with Gasteiger partial charge in [-0.2, -0.15) is 0 Å². The van der Waals surface area contributed by atoms with Crippen molar-refractivity contribution in [3.05, 3.63) is 38.3 Å². The number of hydrogen-bond acceptors (Lipinski definition) is 4. The Balaban J connectivity index is 2.02. The predicted octanol–water partition coefficient (Wildman–Crippen LogP) is 3.31. The molecule has 0 unspecified atom stereocenters. The summed E-state index contributed by atoms with van der Waals surface area (Å²) in [7, 11) is 0. The van der Waals surface area contributed by atoms with Gasteiger partial charge in [-0.3, -0.25) is 10.1 Å². The van der Waals surface area contributed by atoms with E-state index in [1.165, 1.54) is 31.0 Å². The van der Waals surface area contributed by atoms with Crippen molar-refractivity contribution in [2.24, 2.45) is 5.92 Å². The van der Waals surface area contributed by atoms with Gasteiger partial charge in [0.2, 0.25) is 0 Å². The van der Waals surface area contributed by atoms with Crippen molar-refractivity contribution in [2.45, 2.75) is 19.3 Å². The molecular weight excluding hydrogens is 302 g/mol. The van der Waals surface area contributed by atoms with Crippen molar-refractivity contribution in [1.82, 2.24) is 0 Å². The van der Waals surface area contributed by atoms with E-state index < -0.39 is 10.9 Å². The maximum atomic E-state index is 11.8. The molecule has 0 aromatic heterocycles. The fraction of sp³-hybridized carbons (Fsp3) is 0.417. The van der Waals surface area contributed by atoms with Gasteiger partial charge in [-0.15, -0.1) is 0 Å². The molecule has 0 atom stereocenters. The molecule has 1 aliphatic rings. The summed E-state index contributed by atoms with van der Waals surface area (Å²) in [6, 6.07) is 4.05. The van der Waals surface area contributed by atoms with Crippen LogP contribution >= 0.6 is 15.9 Å². The first-order valence-electron chi connectivity index (χ1n) is 5.69. The molecule has 2 rings (SSSR count). The van der Waals surface area contributed by atoms with Crippen LogP contribution in [-0.2, 0) is 4.74 Å². The Hall–Kier alpha value is -1.43. The molecule has 6 heteroatoms. The number of nitrogens with zero attached hydrogens (tertiary/aromatic N) is 1. The molecule has 1 aromatic carbocycles. The summed E-state index contributed by atoms with van der Waals surface area (Å²) in [6.45, 7) is 0.374. The smallest absolute Gasteiger partial charge is 0.339 e. The minimum Gasteiger partial charge on any atom is -0.462 e. The third-order valence-corrected chi connectivity index (χ3v) is 3.53. The van der Waals surface area contributed by atoms with E-state index in [-0.39, 0.29) is 11.3 Å². The van der Waals surface area contributed by atoms with E-state index in [4.69, 9.17) is 4.74 Å². The highest BCUT2D eigenvalue weighted by Gasteiger charge is 2.22. The summed E-state index contributed by atoms with van der Waals surface area (Å²) < 4.78 is 5.61. The number of ether oxygens (including phenoxy) is 1. The van der Waals surface area contributed by atoms with Crippen molar-refractivity contribution in [3.8, 4) is 0 Å². The first kappa shape index (κ1) is 13.0. The van der Waals surface area contributed by atoms with Crippen LogP contribution in [0.25, 0.3) is 0 Å². The van der Waals surface area contributed by atoms with Gasteiger partial charge in [0.25, 0.3) is 5.69 Å². The zero-order valence-electron chi connectivity index (χ0n) is 9.60. The van der Waals surface area contributed by atoms with Gasteiger partial charge in [-0.1, -0.05) is 12.8 Å². The molecule has 5 nitrogen and oxygen atoms in total. The van der Waals surface area contributed by atoms with E-state index >= 15 is 0 Å². The zero-order valence-corrected chi connectivity index (χ0v) is 11.2. The second-order valence-electron chi connectivity index (χ2n) is 4.29. The lowest BCUT2D eigenvalue weighted by atomic mass is 10.2. The molecule has 1 aromatic rings. The quantitative estimate of drug-likeness (QED) is 0.475. The lowest BCUT2D eigenvalue weighted by Gasteiger charge is -2.05. The summed E-state index contributed by atoms with van der Waals surface area (Å²) >= 11 is 3.19. The third-order valence-electron chi connectivity index (χ3n) is 2.84. The maximum Gasteiger partial charge on any atom is 0.339 e. The van der Waals surface area contributed by atoms with E-state index in [9.17, 15) is 14.9 Å². The number of rotatable bonds is 5. The Morgan fingerprint density at radius 3 is 2.83 bits per heavy atom. The highest BCUT2D eigenvalue weighted by atomic mass is 79.9. The van der Waals surface area contributed by atoms with Gasteiger partial charge in [0.1, 0.15) is 0 Å². The summed E-state index contributed by atoms with van der Waals surface area (Å²) in [5, 5.41) is 10.6. The van der Waals surface area contributed by atoms with Crippen LogP contribution in [0.5, 0.6) is 0 Å². The van der Waals surface area contributed by atoms with Gasteiger partial charge in [0.05, 0.1) is 17.1 Å². The first-order valence-corrected chi connectivity index (χ1v) is 6.48. The largest absolute Gasteiger partial charge is 0.462 e. The van der Waals surface area contributed by atoms with Gasteiger partial charge >= 0.3 is 5.97 Å². The maximum absolute atomic E-state index is 11.8. The average molecular weight is 314 g/mol. The standard InChI is InChI=1S/C12H12BrNO4/c13-11-4-3-9(14(16)17)7-10(11)12(15)18-6-5-8-1-2-8/h3-4,7-8H,1-2,5-6H2. The molecule has 0 bridgehead atoms. The molecule has 0 aliphatic heterocycles. The number of carbonyl (C=O) groups excluding carboxylic acids is 1. The zero-order chi connectivity index (χ0) is 13.1. The molecule has 18 heavy (non-hydrogen) atoms. The second kappa shape index (κ2) is 5.48. The van der Waals surface area contributed by atoms with Crippen LogP contribution in [0.4, 0.5) is 5.69 Å². The highest BCUT2D eigenvalue weighted by Crippen LogP contribution is 2.32. The number of halogens is 1. The van der Waals surface area contributed by atoms with Crippen molar-refractivity contribution in [3.63, 3.8) is 0 Å². The molecule has 96 valence electrons. The Morgan fingerprint density at radius 1 is 1.50 bits per heavy atom. The topological polar surface area (TPSA) is 69.4 Å². The van der Waals surface area contributed by atoms with E-state index in [1.54, 1.807) is 0 Å². The normalized spacial score (nSPS) is 14.3. The molecule has 0 spiro atoms. The number of nitro benzene ring substituents is 1. The minimum absolute atomic E-state index is 0.118. The first-order chi connectivity index (χ1) is 8.58. The van der Waals surface area contributed by atoms with Crippen molar-refractivity contribution >= 4 is 27.6 Å². The van der Waals surface area contributed by atoms with Crippen LogP contribution in [0.1, 0.15) is 29.6 Å². The van der Waals surface area contributed by atoms with Gasteiger partial charge in [-0.25, -0.2) is 4.79 Å². The number of nitro groups is 1. The van der Waals surface area contributed by atoms with Gasteiger partial charge in [0.15, 0.2) is 0 Å². The lowest BCUT2D eigenvalue weighted by molar-refractivity contribution is -0.384. The molecule has 0 saturated heterocycles. The monoisotopic (exact) mass is 313 g/mol. The van der Waals surface area contributed by atoms with E-state index in [2.05, 4.69) is 15.9 Å². The number of esters is 1. The molecule has 0 radical (unpaired) electrons. The molecular formula is C12H12BrNO4. The average Bonchev–Trinajstić information content (AvgIpc) is 3.13. The Kier molecular flexibility index (Phi) is 3.96. The van der Waals surface area contributed by atoms with Crippen LogP contribution in [0, 0.1) is 16.0 Å². The molecule has 1 saturated carbocycles. The van der Waals surface area contributed by atoms with E-state index in [0.29, 0.717) is 17.0 Å². The summed E-state index contributed by atoms with van der Waals surface area (Å²) in [5.41, 5.74) is 0.0762. The molecule has 0 N–H and O–H groups in total. The van der Waals surface area contributed by atoms with Gasteiger partial charge in [0, 0.05) is 16.6 Å². The predicted molar refractivity (Wildman–Crippen MR) is 68.4 cm³/mol. The number of non-ortho nitro benzene ring substituents is 1. The second-order valence-corrected chi connectivity index (χ2v) is 5.14. The number of benzene rings is 1. The van der Waals surface area contributed by atoms with Crippen LogP contribution in [0.2, 0.25) is 0 Å². The molecule has 0 heterocycles. The van der Waals surface area contributed by atoms with Crippen molar-refractivity contribution in [1.29, 1.82) is 0 Å². The SMILES string of the molecule is O=C(OCCC1CC1)c1cc([N+](=O)[O-])ccc1Br. The fourth-order valence-electron chi connectivity index (χ4n) is 1.59. The van der Waals surface area contributed by atoms with E-state index in [0.717, 1.165) is 6.42 Å². The molecule has 1 aliphatic carbocycles. The van der Waals surface area contributed by atoms with Crippen LogP contribution in [0.15, 0.2) is 22.7 Å². The lowest BCUT2D eigenvalue weighted by Crippen LogP contribution is -2.08. The van der Waals surface area contributed by atoms with E-state index in [1.807, 2.05) is 0 Å². The molecule has 1 fully saturated rings. The Morgan fingerprint density at radius 2 is 2.22 bits per heavy atom. The van der Waals surface area contributed by atoms with Gasteiger partial charge < -0.3 is 4.74 Å². The minimum atomic E-state index is -0.534. The highest BCUT2D eigenvalue weighted by molar-refractivity contribution is 9.10. The Bertz CT molecular complexity index is 485. The summed E-state index contributed by atoms with van der Waals surface area (Å²) in [6.07, 6.45) is 3.29. The Labute approximate surface area is 112 Å². The van der Waals surface area contributed by atoms with Crippen LogP contribution < -0.4 is 0 Å². The fourth-order valence-corrected chi connectivity index (χ4v) is 1.99. The van der Waals surface area contributed by atoms with Crippen LogP contribution in [0.3, 0.4) is 0 Å². The number of carbonyl (C=O) groups is 1. The molecule has 0 amide bonds. The third kappa shape index (κ3) is 3.29. The van der Waals surface area contributed by atoms with Gasteiger partial charge in [-0.05, 0) is 34.3 Å². The van der Waals surface area contributed by atoms with Crippen molar-refractivity contribution in [2.75, 3.05) is 6.61 Å². The summed E-state index contributed by atoms with van der Waals surface area (Å²) in [4.78, 5) is 21.9. The number of hydrogen-bond donors (Lipinski definition) is 0. The van der Waals surface area contributed by atoms with Crippen LogP contribution in [-0.4, -0.2) is 17.5 Å². The summed E-state index contributed by atoms with van der Waals surface area (Å²) in [5.74, 6) is 0.164.